The molecule has 25 heavy (non-hydrogen) atoms. The standard InChI is InChI=1S/C16H14ClO3PS4/c17-21(18,24-15(22)19-11-13-7-3-1-4-8-13)25-16(23)20-12-14-9-5-2-6-10-14/h1-10H,11-12H2. The first-order chi connectivity index (χ1) is 11.9. The summed E-state index contributed by atoms with van der Waals surface area (Å²) in [6.45, 7) is 0.590. The fourth-order valence-electron chi connectivity index (χ4n) is 1.68. The van der Waals surface area contributed by atoms with Gasteiger partial charge in [0.15, 0.2) is 0 Å². The molecular weight excluding hydrogens is 435 g/mol. The highest BCUT2D eigenvalue weighted by molar-refractivity contribution is 9.03. The summed E-state index contributed by atoms with van der Waals surface area (Å²) in [4.78, 5) is -3.27. The van der Waals surface area contributed by atoms with E-state index in [1.807, 2.05) is 60.7 Å². The Morgan fingerprint density at radius 3 is 1.56 bits per heavy atom. The van der Waals surface area contributed by atoms with Gasteiger partial charge in [0.25, 0.3) is 4.90 Å². The van der Waals surface area contributed by atoms with Crippen LogP contribution in [0.5, 0.6) is 0 Å². The van der Waals surface area contributed by atoms with Crippen molar-refractivity contribution in [2.75, 3.05) is 0 Å². The topological polar surface area (TPSA) is 35.5 Å². The number of thiocarbonyl (C=S) groups is 2. The predicted octanol–water partition coefficient (Wildman–Crippen LogP) is 6.80. The normalized spacial score (nSPS) is 10.9. The Kier molecular flexibility index (Phi) is 8.76. The van der Waals surface area contributed by atoms with Gasteiger partial charge in [-0.1, -0.05) is 60.7 Å². The van der Waals surface area contributed by atoms with E-state index in [1.165, 1.54) is 0 Å². The lowest BCUT2D eigenvalue weighted by atomic mass is 10.2. The summed E-state index contributed by atoms with van der Waals surface area (Å²) in [7, 11) is 0. The van der Waals surface area contributed by atoms with Gasteiger partial charge in [-0.05, 0) is 46.8 Å². The van der Waals surface area contributed by atoms with Crippen molar-refractivity contribution in [1.29, 1.82) is 0 Å². The highest BCUT2D eigenvalue weighted by Gasteiger charge is 2.27. The van der Waals surface area contributed by atoms with Crippen LogP contribution in [0.15, 0.2) is 60.7 Å². The summed E-state index contributed by atoms with van der Waals surface area (Å²) in [5.74, 6) is 0. The Bertz CT molecular complexity index is 697. The molecule has 3 nitrogen and oxygen atoms in total. The molecule has 2 aromatic carbocycles. The summed E-state index contributed by atoms with van der Waals surface area (Å²) in [6, 6.07) is 19.1. The zero-order valence-electron chi connectivity index (χ0n) is 12.9. The summed E-state index contributed by atoms with van der Waals surface area (Å²) >= 11 is 17.8. The van der Waals surface area contributed by atoms with E-state index in [2.05, 4.69) is 0 Å². The van der Waals surface area contributed by atoms with Crippen LogP contribution in [0.1, 0.15) is 11.1 Å². The molecule has 0 aliphatic rings. The Balaban J connectivity index is 1.75. The van der Waals surface area contributed by atoms with Crippen molar-refractivity contribution >= 4 is 72.1 Å². The van der Waals surface area contributed by atoms with Crippen LogP contribution in [0, 0.1) is 0 Å². The Labute approximate surface area is 170 Å². The van der Waals surface area contributed by atoms with E-state index in [0.717, 1.165) is 33.9 Å². The van der Waals surface area contributed by atoms with Gasteiger partial charge in [-0.15, -0.1) is 0 Å². The number of ether oxygens (including phenoxy) is 2. The average Bonchev–Trinajstić information content (AvgIpc) is 2.59. The maximum absolute atomic E-state index is 12.4. The first-order valence-electron chi connectivity index (χ1n) is 7.05. The number of benzene rings is 2. The van der Waals surface area contributed by atoms with Crippen molar-refractivity contribution in [3.05, 3.63) is 71.8 Å². The second-order valence-electron chi connectivity index (χ2n) is 4.66. The summed E-state index contributed by atoms with van der Waals surface area (Å²) in [6.07, 6.45) is 0. The van der Waals surface area contributed by atoms with Gasteiger partial charge in [-0.25, -0.2) is 0 Å². The van der Waals surface area contributed by atoms with Crippen LogP contribution in [-0.4, -0.2) is 8.77 Å². The third kappa shape index (κ3) is 8.58. The number of hydrogen-bond donors (Lipinski definition) is 0. The number of hydrogen-bond acceptors (Lipinski definition) is 7. The quantitative estimate of drug-likeness (QED) is 0.355. The Morgan fingerprint density at radius 1 is 0.840 bits per heavy atom. The van der Waals surface area contributed by atoms with E-state index in [-0.39, 0.29) is 8.77 Å². The maximum Gasteiger partial charge on any atom is 0.291 e. The van der Waals surface area contributed by atoms with Crippen LogP contribution < -0.4 is 0 Å². The van der Waals surface area contributed by atoms with Crippen LogP contribution in [0.25, 0.3) is 0 Å². The molecule has 132 valence electrons. The molecule has 0 radical (unpaired) electrons. The van der Waals surface area contributed by atoms with Crippen LogP contribution >= 0.6 is 63.3 Å². The van der Waals surface area contributed by atoms with E-state index in [0.29, 0.717) is 13.2 Å². The van der Waals surface area contributed by atoms with Crippen molar-refractivity contribution in [2.45, 2.75) is 13.2 Å². The fraction of sp³-hybridized carbons (Fsp3) is 0.125. The first-order valence-corrected chi connectivity index (χ1v) is 13.3. The van der Waals surface area contributed by atoms with Gasteiger partial charge in [0, 0.05) is 22.8 Å². The van der Waals surface area contributed by atoms with Crippen LogP contribution in [-0.2, 0) is 27.3 Å². The molecule has 0 saturated carbocycles. The third-order valence-corrected chi connectivity index (χ3v) is 10.1. The molecule has 9 heteroatoms. The lowest BCUT2D eigenvalue weighted by molar-refractivity contribution is 0.310. The molecule has 0 bridgehead atoms. The van der Waals surface area contributed by atoms with Gasteiger partial charge >= 0.3 is 0 Å². The molecule has 0 aromatic heterocycles. The van der Waals surface area contributed by atoms with Gasteiger partial charge in [-0.3, -0.25) is 4.57 Å². The molecule has 0 aliphatic heterocycles. The summed E-state index contributed by atoms with van der Waals surface area (Å²) in [5.41, 5.74) is 1.92. The molecule has 0 aliphatic carbocycles. The first kappa shape index (κ1) is 20.7. The minimum atomic E-state index is -3.27. The fourth-order valence-corrected chi connectivity index (χ4v) is 10.1. The lowest BCUT2D eigenvalue weighted by Gasteiger charge is -2.12. The molecule has 0 heterocycles. The average molecular weight is 449 g/mol. The van der Waals surface area contributed by atoms with Crippen LogP contribution in [0.3, 0.4) is 0 Å². The monoisotopic (exact) mass is 448 g/mol. The zero-order chi connectivity index (χ0) is 18.1. The number of halogens is 1. The zero-order valence-corrected chi connectivity index (χ0v) is 17.8. The number of rotatable bonds is 6. The van der Waals surface area contributed by atoms with E-state index in [9.17, 15) is 4.57 Å². The highest BCUT2D eigenvalue weighted by atomic mass is 35.7. The molecule has 0 unspecified atom stereocenters. The maximum atomic E-state index is 12.4. The van der Waals surface area contributed by atoms with E-state index in [4.69, 9.17) is 45.2 Å². The van der Waals surface area contributed by atoms with E-state index < -0.39 is 4.90 Å². The van der Waals surface area contributed by atoms with Gasteiger partial charge in [0.2, 0.25) is 8.77 Å². The molecule has 2 rings (SSSR count). The van der Waals surface area contributed by atoms with Crippen molar-refractivity contribution < 1.29 is 14.0 Å². The van der Waals surface area contributed by atoms with E-state index in [1.54, 1.807) is 0 Å². The van der Waals surface area contributed by atoms with Crippen LogP contribution in [0.4, 0.5) is 0 Å². The van der Waals surface area contributed by atoms with Crippen LogP contribution in [0.2, 0.25) is 0 Å². The second kappa shape index (κ2) is 10.6. The van der Waals surface area contributed by atoms with Gasteiger partial charge in [0.1, 0.15) is 13.2 Å². The van der Waals surface area contributed by atoms with Gasteiger partial charge in [-0.2, -0.15) is 0 Å². The lowest BCUT2D eigenvalue weighted by Crippen LogP contribution is -1.98. The highest BCUT2D eigenvalue weighted by Crippen LogP contribution is 2.74. The predicted molar refractivity (Wildman–Crippen MR) is 116 cm³/mol. The largest absolute Gasteiger partial charge is 0.473 e. The molecule has 2 aromatic rings. The SMILES string of the molecule is O=P(Cl)(SC(=S)OCc1ccccc1)SC(=S)OCc1ccccc1. The van der Waals surface area contributed by atoms with E-state index >= 15 is 0 Å². The molecular formula is C16H14ClO3PS4. The summed E-state index contributed by atoms with van der Waals surface area (Å²) in [5, 5.41) is 0. The smallest absolute Gasteiger partial charge is 0.291 e. The molecule has 0 spiro atoms. The molecule has 0 atom stereocenters. The Morgan fingerprint density at radius 2 is 1.20 bits per heavy atom. The minimum absolute atomic E-state index is 0.112. The molecule has 0 saturated heterocycles. The molecule has 0 N–H and O–H groups in total. The van der Waals surface area contributed by atoms with Gasteiger partial charge < -0.3 is 9.47 Å². The minimum Gasteiger partial charge on any atom is -0.473 e. The molecule has 0 amide bonds. The summed E-state index contributed by atoms with van der Waals surface area (Å²) < 4.78 is 23.5. The second-order valence-corrected chi connectivity index (χ2v) is 15.4. The van der Waals surface area contributed by atoms with Crippen molar-refractivity contribution in [3.8, 4) is 0 Å². The van der Waals surface area contributed by atoms with Crippen molar-refractivity contribution in [3.63, 3.8) is 0 Å². The van der Waals surface area contributed by atoms with Gasteiger partial charge in [0.05, 0.1) is 0 Å². The third-order valence-electron chi connectivity index (χ3n) is 2.77. The Hall–Kier alpha value is -0.560. The molecule has 0 fully saturated rings. The van der Waals surface area contributed by atoms with Crippen molar-refractivity contribution in [1.82, 2.24) is 0 Å². The van der Waals surface area contributed by atoms with Crippen molar-refractivity contribution in [2.24, 2.45) is 0 Å².